The van der Waals surface area contributed by atoms with Crippen LogP contribution in [0.15, 0.2) is 48.5 Å². The van der Waals surface area contributed by atoms with E-state index < -0.39 is 0 Å². The van der Waals surface area contributed by atoms with E-state index in [1.165, 1.54) is 0 Å². The Morgan fingerprint density at radius 3 is 2.50 bits per heavy atom. The van der Waals surface area contributed by atoms with Gasteiger partial charge in [0, 0.05) is 24.2 Å². The molecular weight excluding hydrogens is 354 g/mol. The number of para-hydroxylation sites is 1. The Hall–Kier alpha value is -2.57. The van der Waals surface area contributed by atoms with E-state index in [-0.39, 0.29) is 30.1 Å². The summed E-state index contributed by atoms with van der Waals surface area (Å²) in [4.78, 5) is 24.8. The molecule has 0 saturated carbocycles. The number of carbonyl (C=O) groups excluding carboxylic acids is 2. The van der Waals surface area contributed by atoms with Gasteiger partial charge in [-0.05, 0) is 31.3 Å². The molecule has 2 aromatic carbocycles. The predicted octanol–water partition coefficient (Wildman–Crippen LogP) is 3.16. The van der Waals surface area contributed by atoms with Crippen LogP contribution in [-0.4, -0.2) is 32.5 Å². The van der Waals surface area contributed by atoms with Gasteiger partial charge in [-0.25, -0.2) is 0 Å². The Morgan fingerprint density at radius 2 is 1.81 bits per heavy atom. The van der Waals surface area contributed by atoms with Gasteiger partial charge in [-0.1, -0.05) is 25.1 Å². The van der Waals surface area contributed by atoms with Crippen LogP contribution in [0.3, 0.4) is 0 Å². The molecule has 2 rings (SSSR count). The van der Waals surface area contributed by atoms with Crippen LogP contribution in [0.25, 0.3) is 0 Å². The van der Waals surface area contributed by atoms with Crippen LogP contribution >= 0.6 is 12.4 Å². The topological polar surface area (TPSA) is 79.5 Å². The van der Waals surface area contributed by atoms with Gasteiger partial charge >= 0.3 is 0 Å². The molecule has 0 aromatic heterocycles. The van der Waals surface area contributed by atoms with Crippen LogP contribution in [0.1, 0.15) is 17.3 Å². The molecule has 0 heterocycles. The summed E-state index contributed by atoms with van der Waals surface area (Å²) in [6.07, 6.45) is 0. The highest BCUT2D eigenvalue weighted by atomic mass is 35.5. The summed E-state index contributed by atoms with van der Waals surface area (Å²) in [5, 5.41) is 8.60. The molecule has 6 nitrogen and oxygen atoms in total. The fraction of sp³-hybridized carbons (Fsp3) is 0.263. The summed E-state index contributed by atoms with van der Waals surface area (Å²) < 4.78 is 5.15. The first kappa shape index (κ1) is 21.5. The quantitative estimate of drug-likeness (QED) is 0.692. The minimum absolute atomic E-state index is 0. The Kier molecular flexibility index (Phi) is 8.61. The van der Waals surface area contributed by atoms with E-state index in [1.54, 1.807) is 62.7 Å². The van der Waals surface area contributed by atoms with Gasteiger partial charge in [0.1, 0.15) is 5.75 Å². The second kappa shape index (κ2) is 10.4. The zero-order valence-corrected chi connectivity index (χ0v) is 15.9. The van der Waals surface area contributed by atoms with E-state index in [1.807, 2.05) is 6.92 Å². The fourth-order valence-electron chi connectivity index (χ4n) is 2.34. The number of hydrogen-bond donors (Lipinski definition) is 3. The first-order chi connectivity index (χ1) is 12.0. The van der Waals surface area contributed by atoms with Crippen molar-refractivity contribution >= 4 is 35.6 Å². The molecular formula is C19H24ClN3O3. The lowest BCUT2D eigenvalue weighted by Gasteiger charge is -2.15. The lowest BCUT2D eigenvalue weighted by molar-refractivity contribution is -0.119. The Morgan fingerprint density at radius 1 is 1.08 bits per heavy atom. The molecule has 7 heteroatoms. The summed E-state index contributed by atoms with van der Waals surface area (Å²) in [5.41, 5.74) is 1.50. The maximum absolute atomic E-state index is 12.6. The molecule has 2 aromatic rings. The van der Waals surface area contributed by atoms with Gasteiger partial charge in [-0.3, -0.25) is 9.59 Å². The summed E-state index contributed by atoms with van der Waals surface area (Å²) >= 11 is 0. The SMILES string of the molecule is CNCC(C)C(=O)Nc1ccccc1C(=O)Nc1cccc(OC)c1.Cl. The molecule has 0 fully saturated rings. The standard InChI is InChI=1S/C19H23N3O3.ClH/c1-13(12-20-2)18(23)22-17-10-5-4-9-16(17)19(24)21-14-7-6-8-15(11-14)25-3;/h4-11,13,20H,12H2,1-3H3,(H,21,24)(H,22,23);1H. The molecule has 0 radical (unpaired) electrons. The number of anilines is 2. The van der Waals surface area contributed by atoms with Crippen molar-refractivity contribution in [2.75, 3.05) is 31.3 Å². The monoisotopic (exact) mass is 377 g/mol. The first-order valence-electron chi connectivity index (χ1n) is 8.05. The molecule has 0 aliphatic rings. The molecule has 140 valence electrons. The zero-order chi connectivity index (χ0) is 18.2. The largest absolute Gasteiger partial charge is 0.497 e. The summed E-state index contributed by atoms with van der Waals surface area (Å²) in [7, 11) is 3.36. The minimum atomic E-state index is -0.301. The van der Waals surface area contributed by atoms with E-state index in [4.69, 9.17) is 4.74 Å². The second-order valence-corrected chi connectivity index (χ2v) is 5.68. The highest BCUT2D eigenvalue weighted by Gasteiger charge is 2.16. The van der Waals surface area contributed by atoms with Gasteiger partial charge in [0.15, 0.2) is 0 Å². The molecule has 0 bridgehead atoms. The van der Waals surface area contributed by atoms with E-state index in [0.29, 0.717) is 29.2 Å². The number of halogens is 1. The molecule has 1 atom stereocenters. The highest BCUT2D eigenvalue weighted by Crippen LogP contribution is 2.20. The number of nitrogens with one attached hydrogen (secondary N) is 3. The summed E-state index contributed by atoms with van der Waals surface area (Å²) in [5.74, 6) is 0.00110. The summed E-state index contributed by atoms with van der Waals surface area (Å²) in [6, 6.07) is 14.0. The average Bonchev–Trinajstić information content (AvgIpc) is 2.62. The third-order valence-electron chi connectivity index (χ3n) is 3.72. The van der Waals surface area contributed by atoms with Crippen molar-refractivity contribution in [1.29, 1.82) is 0 Å². The molecule has 0 saturated heterocycles. The lowest BCUT2D eigenvalue weighted by atomic mass is 10.1. The van der Waals surface area contributed by atoms with Gasteiger partial charge in [-0.2, -0.15) is 0 Å². The maximum Gasteiger partial charge on any atom is 0.257 e. The molecule has 1 unspecified atom stereocenters. The molecule has 0 aliphatic carbocycles. The van der Waals surface area contributed by atoms with Crippen LogP contribution in [0.5, 0.6) is 5.75 Å². The Bertz CT molecular complexity index is 752. The number of benzene rings is 2. The van der Waals surface area contributed by atoms with Gasteiger partial charge in [0.25, 0.3) is 5.91 Å². The van der Waals surface area contributed by atoms with Crippen LogP contribution < -0.4 is 20.7 Å². The van der Waals surface area contributed by atoms with Crippen molar-refractivity contribution in [1.82, 2.24) is 5.32 Å². The van der Waals surface area contributed by atoms with Crippen molar-refractivity contribution in [3.05, 3.63) is 54.1 Å². The Balaban J connectivity index is 0.00000338. The Labute approximate surface area is 159 Å². The van der Waals surface area contributed by atoms with Crippen LogP contribution in [0.4, 0.5) is 11.4 Å². The number of carbonyl (C=O) groups is 2. The number of methoxy groups -OCH3 is 1. The molecule has 26 heavy (non-hydrogen) atoms. The smallest absolute Gasteiger partial charge is 0.257 e. The van der Waals surface area contributed by atoms with E-state index in [2.05, 4.69) is 16.0 Å². The van der Waals surface area contributed by atoms with Crippen LogP contribution in [-0.2, 0) is 4.79 Å². The van der Waals surface area contributed by atoms with Gasteiger partial charge in [0.2, 0.25) is 5.91 Å². The molecule has 3 N–H and O–H groups in total. The summed E-state index contributed by atoms with van der Waals surface area (Å²) in [6.45, 7) is 2.38. The molecule has 0 aliphatic heterocycles. The van der Waals surface area contributed by atoms with Gasteiger partial charge in [0.05, 0.1) is 18.4 Å². The third-order valence-corrected chi connectivity index (χ3v) is 3.72. The van der Waals surface area contributed by atoms with Gasteiger partial charge in [-0.15, -0.1) is 12.4 Å². The van der Waals surface area contributed by atoms with E-state index in [9.17, 15) is 9.59 Å². The number of ether oxygens (including phenoxy) is 1. The predicted molar refractivity (Wildman–Crippen MR) is 106 cm³/mol. The van der Waals surface area contributed by atoms with Crippen LogP contribution in [0, 0.1) is 5.92 Å². The lowest BCUT2D eigenvalue weighted by Crippen LogP contribution is -2.29. The average molecular weight is 378 g/mol. The van der Waals surface area contributed by atoms with Crippen molar-refractivity contribution in [3.63, 3.8) is 0 Å². The fourth-order valence-corrected chi connectivity index (χ4v) is 2.34. The zero-order valence-electron chi connectivity index (χ0n) is 15.0. The third kappa shape index (κ3) is 5.75. The minimum Gasteiger partial charge on any atom is -0.497 e. The molecule has 2 amide bonds. The maximum atomic E-state index is 12.6. The number of amides is 2. The highest BCUT2D eigenvalue weighted by molar-refractivity contribution is 6.10. The molecule has 0 spiro atoms. The van der Waals surface area contributed by atoms with Crippen molar-refractivity contribution < 1.29 is 14.3 Å². The first-order valence-corrected chi connectivity index (χ1v) is 8.05. The normalized spacial score (nSPS) is 11.0. The number of hydrogen-bond acceptors (Lipinski definition) is 4. The van der Waals surface area contributed by atoms with Crippen LogP contribution in [0.2, 0.25) is 0 Å². The van der Waals surface area contributed by atoms with E-state index >= 15 is 0 Å². The second-order valence-electron chi connectivity index (χ2n) is 5.68. The van der Waals surface area contributed by atoms with Crippen molar-refractivity contribution in [2.24, 2.45) is 5.92 Å². The van der Waals surface area contributed by atoms with Gasteiger partial charge < -0.3 is 20.7 Å². The number of rotatable bonds is 7. The van der Waals surface area contributed by atoms with Crippen molar-refractivity contribution in [3.8, 4) is 5.75 Å². The van der Waals surface area contributed by atoms with Crippen molar-refractivity contribution in [2.45, 2.75) is 6.92 Å². The van der Waals surface area contributed by atoms with E-state index in [0.717, 1.165) is 0 Å².